The van der Waals surface area contributed by atoms with Gasteiger partial charge in [0.1, 0.15) is 17.8 Å². The summed E-state index contributed by atoms with van der Waals surface area (Å²) in [6.07, 6.45) is 5.88. The number of rotatable bonds is 5. The Bertz CT molecular complexity index is 1330. The van der Waals surface area contributed by atoms with Crippen LogP contribution < -0.4 is 15.1 Å². The number of anilines is 4. The van der Waals surface area contributed by atoms with Crippen LogP contribution in [0.25, 0.3) is 10.8 Å². The van der Waals surface area contributed by atoms with Crippen molar-refractivity contribution in [2.45, 2.75) is 64.8 Å². The minimum atomic E-state index is -1.35. The molecule has 3 aromatic rings. The van der Waals surface area contributed by atoms with Gasteiger partial charge in [0.15, 0.2) is 0 Å². The molecule has 2 fully saturated rings. The fourth-order valence-corrected chi connectivity index (χ4v) is 5.07. The molecule has 0 spiro atoms. The Morgan fingerprint density at radius 1 is 1.13 bits per heavy atom. The highest BCUT2D eigenvalue weighted by Crippen LogP contribution is 2.39. The van der Waals surface area contributed by atoms with Crippen molar-refractivity contribution in [1.82, 2.24) is 15.0 Å². The summed E-state index contributed by atoms with van der Waals surface area (Å²) in [4.78, 5) is 17.9. The molecular weight excluding hydrogens is 515 g/mol. The van der Waals surface area contributed by atoms with Gasteiger partial charge in [-0.15, -0.1) is 0 Å². The third kappa shape index (κ3) is 6.49. The van der Waals surface area contributed by atoms with E-state index in [1.54, 1.807) is 36.6 Å². The largest absolute Gasteiger partial charge is 0.387 e. The van der Waals surface area contributed by atoms with Crippen molar-refractivity contribution < 1.29 is 13.7 Å². The van der Waals surface area contributed by atoms with Crippen LogP contribution in [0, 0.1) is 5.92 Å². The van der Waals surface area contributed by atoms with Gasteiger partial charge in [0.05, 0.1) is 12.1 Å². The number of piperidine rings is 1. The first-order valence-corrected chi connectivity index (χ1v) is 15.5. The molecule has 39 heavy (non-hydrogen) atoms. The first-order valence-electron chi connectivity index (χ1n) is 13.5. The molecule has 2 aromatic heterocycles. The molecule has 2 aliphatic rings. The lowest BCUT2D eigenvalue weighted by Crippen LogP contribution is -2.53. The lowest BCUT2D eigenvalue weighted by Gasteiger charge is -2.47. The van der Waals surface area contributed by atoms with Crippen molar-refractivity contribution in [1.29, 1.82) is 0 Å². The van der Waals surface area contributed by atoms with Gasteiger partial charge in [-0.1, -0.05) is 26.8 Å². The maximum Gasteiger partial charge on any atom is 0.227 e. The number of nitrogens with one attached hydrogen (secondary N) is 1. The lowest BCUT2D eigenvalue weighted by atomic mass is 9.89. The van der Waals surface area contributed by atoms with Crippen LogP contribution in [0.5, 0.6) is 0 Å². The zero-order valence-corrected chi connectivity index (χ0v) is 24.8. The van der Waals surface area contributed by atoms with Gasteiger partial charge in [-0.25, -0.2) is 14.4 Å². The normalized spacial score (nSPS) is 24.9. The van der Waals surface area contributed by atoms with Crippen molar-refractivity contribution in [2.24, 2.45) is 5.92 Å². The Morgan fingerprint density at radius 3 is 2.46 bits per heavy atom. The number of halogens is 1. The maximum atomic E-state index is 14.4. The van der Waals surface area contributed by atoms with Gasteiger partial charge < -0.3 is 20.2 Å². The second-order valence-electron chi connectivity index (χ2n) is 11.4. The molecule has 0 saturated carbocycles. The van der Waals surface area contributed by atoms with Crippen LogP contribution in [0.3, 0.4) is 0 Å². The quantitative estimate of drug-likeness (QED) is 0.452. The number of hydrogen-bond donors (Lipinski definition) is 2. The Labute approximate surface area is 233 Å². The molecule has 0 radical (unpaired) electrons. The summed E-state index contributed by atoms with van der Waals surface area (Å²) in [5.74, 6) is 2.82. The summed E-state index contributed by atoms with van der Waals surface area (Å²) >= 11 is 0. The maximum absolute atomic E-state index is 14.4. The molecule has 10 heteroatoms. The number of aromatic nitrogens is 3. The molecule has 0 aliphatic carbocycles. The summed E-state index contributed by atoms with van der Waals surface area (Å²) in [5, 5.41) is 15.8. The Morgan fingerprint density at radius 2 is 1.85 bits per heavy atom. The molecule has 212 valence electrons. The minimum Gasteiger partial charge on any atom is -0.387 e. The molecule has 0 bridgehead atoms. The molecule has 2 aliphatic heterocycles. The molecule has 8 nitrogen and oxygen atoms in total. The monoisotopic (exact) mass is 556 g/mol. The Hall–Kier alpha value is -2.85. The number of aliphatic hydroxyl groups is 1. The van der Waals surface area contributed by atoms with Gasteiger partial charge in [-0.2, -0.15) is 4.98 Å². The van der Waals surface area contributed by atoms with Crippen molar-refractivity contribution >= 4 is 44.8 Å². The first-order chi connectivity index (χ1) is 18.4. The van der Waals surface area contributed by atoms with Crippen LogP contribution >= 0.6 is 0 Å². The van der Waals surface area contributed by atoms with Gasteiger partial charge in [0, 0.05) is 65.9 Å². The summed E-state index contributed by atoms with van der Waals surface area (Å²) in [7, 11) is -0.611. The average Bonchev–Trinajstić information content (AvgIpc) is 2.87. The topological polar surface area (TPSA) is 94.5 Å². The SMILES string of the molecule is CC(C)c1ccc(N2C[C@H](C)C2C)c2cnc(Nc3ccnc(N4CC[C@](C)(O)C(F)C4)n3)cc12.CS(C)=O. The number of alkyl halides is 1. The molecule has 1 aromatic carbocycles. The van der Waals surface area contributed by atoms with Gasteiger partial charge in [0.2, 0.25) is 5.95 Å². The van der Waals surface area contributed by atoms with Crippen molar-refractivity contribution in [3.63, 3.8) is 0 Å². The van der Waals surface area contributed by atoms with E-state index in [0.717, 1.165) is 6.54 Å². The highest BCUT2D eigenvalue weighted by atomic mass is 32.2. The van der Waals surface area contributed by atoms with E-state index in [-0.39, 0.29) is 6.54 Å². The summed E-state index contributed by atoms with van der Waals surface area (Å²) in [5.41, 5.74) is 1.22. The van der Waals surface area contributed by atoms with Gasteiger partial charge in [0.25, 0.3) is 0 Å². The molecule has 4 heterocycles. The van der Waals surface area contributed by atoms with Gasteiger partial charge in [-0.3, -0.25) is 4.21 Å². The van der Waals surface area contributed by atoms with E-state index < -0.39 is 22.6 Å². The molecule has 5 rings (SSSR count). The van der Waals surface area contributed by atoms with Gasteiger partial charge in [-0.05, 0) is 61.3 Å². The first kappa shape index (κ1) is 29.1. The van der Waals surface area contributed by atoms with E-state index in [9.17, 15) is 13.7 Å². The predicted molar refractivity (Wildman–Crippen MR) is 159 cm³/mol. The van der Waals surface area contributed by atoms with Crippen LogP contribution in [-0.2, 0) is 10.8 Å². The Kier molecular flexibility index (Phi) is 8.75. The minimum absolute atomic E-state index is 0.0682. The highest BCUT2D eigenvalue weighted by molar-refractivity contribution is 7.83. The highest BCUT2D eigenvalue weighted by Gasteiger charge is 2.38. The summed E-state index contributed by atoms with van der Waals surface area (Å²) < 4.78 is 23.9. The summed E-state index contributed by atoms with van der Waals surface area (Å²) in [6.45, 7) is 12.2. The summed E-state index contributed by atoms with van der Waals surface area (Å²) in [6, 6.07) is 8.87. The lowest BCUT2D eigenvalue weighted by molar-refractivity contribution is -0.0332. The van der Waals surface area contributed by atoms with E-state index in [0.29, 0.717) is 48.4 Å². The van der Waals surface area contributed by atoms with Crippen LogP contribution in [0.2, 0.25) is 0 Å². The molecule has 4 atom stereocenters. The average molecular weight is 557 g/mol. The van der Waals surface area contributed by atoms with Crippen molar-refractivity contribution in [2.75, 3.05) is 47.3 Å². The zero-order valence-electron chi connectivity index (χ0n) is 24.0. The Balaban J connectivity index is 0.000000826. The van der Waals surface area contributed by atoms with E-state index in [2.05, 4.69) is 66.1 Å². The van der Waals surface area contributed by atoms with Crippen molar-refractivity contribution in [3.8, 4) is 0 Å². The number of nitrogens with zero attached hydrogens (tertiary/aromatic N) is 5. The standard InChI is InChI=1S/C27H35FN6O.C2H6OS/c1-16(2)19-6-7-22(34-14-17(3)18(34)4)21-13-30-25(12-20(19)21)31-24-8-10-29-26(32-24)33-11-9-27(5,35)23(28)15-33;1-4(2)3/h6-8,10,12-13,16-18,23,35H,9,11,14-15H2,1-5H3,(H,29,30,31,32);1-2H3/t17-,18?,23?,27-;/m0./s1. The predicted octanol–water partition coefficient (Wildman–Crippen LogP) is 5.03. The van der Waals surface area contributed by atoms with Crippen LogP contribution in [0.1, 0.15) is 52.5 Å². The number of hydrogen-bond acceptors (Lipinski definition) is 8. The smallest absolute Gasteiger partial charge is 0.227 e. The van der Waals surface area contributed by atoms with E-state index in [1.807, 2.05) is 6.20 Å². The number of pyridine rings is 1. The van der Waals surface area contributed by atoms with Crippen LogP contribution in [0.15, 0.2) is 36.7 Å². The molecule has 2 saturated heterocycles. The number of fused-ring (bicyclic) bond motifs is 1. The van der Waals surface area contributed by atoms with Gasteiger partial charge >= 0.3 is 0 Å². The fraction of sp³-hybridized carbons (Fsp3) is 0.552. The van der Waals surface area contributed by atoms with Crippen LogP contribution in [-0.4, -0.2) is 74.2 Å². The molecule has 2 N–H and O–H groups in total. The zero-order chi connectivity index (χ0) is 28.5. The fourth-order valence-electron chi connectivity index (χ4n) is 5.07. The number of benzene rings is 1. The molecule has 0 amide bonds. The van der Waals surface area contributed by atoms with Crippen molar-refractivity contribution in [3.05, 3.63) is 42.2 Å². The third-order valence-corrected chi connectivity index (χ3v) is 7.77. The van der Waals surface area contributed by atoms with E-state index in [4.69, 9.17) is 4.98 Å². The van der Waals surface area contributed by atoms with E-state index >= 15 is 0 Å². The van der Waals surface area contributed by atoms with E-state index in [1.165, 1.54) is 22.0 Å². The molecule has 2 unspecified atom stereocenters. The van der Waals surface area contributed by atoms with Crippen LogP contribution in [0.4, 0.5) is 27.7 Å². The second kappa shape index (κ2) is 11.7. The third-order valence-electron chi connectivity index (χ3n) is 7.77. The second-order valence-corrected chi connectivity index (χ2v) is 12.9. The molecular formula is C29H41FN6O2S.